The number of carbonyl (C=O) groups is 1. The molecule has 82 valence electrons. The van der Waals surface area contributed by atoms with Crippen LogP contribution in [0.15, 0.2) is 22.7 Å². The minimum absolute atomic E-state index is 0.483. The van der Waals surface area contributed by atoms with Crippen molar-refractivity contribution in [1.82, 2.24) is 9.36 Å². The highest BCUT2D eigenvalue weighted by molar-refractivity contribution is 9.10. The number of rotatable bonds is 3. The van der Waals surface area contributed by atoms with Gasteiger partial charge in [0, 0.05) is 17.1 Å². The Labute approximate surface area is 105 Å². The maximum Gasteiger partial charge on any atom is 0.298 e. The quantitative estimate of drug-likeness (QED) is 0.817. The molecule has 0 fully saturated rings. The standard InChI is InChI=1S/C10H7BrN2O2S/c1-6-12-10(16-13-6)15-9-3-2-7(5-14)4-8(9)11/h2-5H,1H3. The van der Waals surface area contributed by atoms with E-state index in [9.17, 15) is 4.79 Å². The van der Waals surface area contributed by atoms with E-state index in [1.807, 2.05) is 0 Å². The molecular weight excluding hydrogens is 292 g/mol. The molecule has 2 aromatic rings. The molecule has 0 aliphatic heterocycles. The summed E-state index contributed by atoms with van der Waals surface area (Å²) in [7, 11) is 0. The predicted octanol–water partition coefficient (Wildman–Crippen LogP) is 3.21. The predicted molar refractivity (Wildman–Crippen MR) is 64.2 cm³/mol. The zero-order chi connectivity index (χ0) is 11.5. The van der Waals surface area contributed by atoms with E-state index in [2.05, 4.69) is 25.3 Å². The Morgan fingerprint density at radius 1 is 1.50 bits per heavy atom. The van der Waals surface area contributed by atoms with E-state index >= 15 is 0 Å². The minimum atomic E-state index is 0.483. The van der Waals surface area contributed by atoms with Crippen LogP contribution in [0.2, 0.25) is 0 Å². The molecule has 0 bridgehead atoms. The highest BCUT2D eigenvalue weighted by atomic mass is 79.9. The summed E-state index contributed by atoms with van der Waals surface area (Å²) >= 11 is 4.51. The van der Waals surface area contributed by atoms with Gasteiger partial charge in [0.15, 0.2) is 0 Å². The van der Waals surface area contributed by atoms with E-state index in [0.29, 0.717) is 26.8 Å². The first-order valence-corrected chi connectivity index (χ1v) is 5.98. The van der Waals surface area contributed by atoms with Crippen LogP contribution >= 0.6 is 27.5 Å². The summed E-state index contributed by atoms with van der Waals surface area (Å²) in [5.74, 6) is 1.29. The van der Waals surface area contributed by atoms with Crippen molar-refractivity contribution in [1.29, 1.82) is 0 Å². The van der Waals surface area contributed by atoms with Gasteiger partial charge in [0.05, 0.1) is 4.47 Å². The van der Waals surface area contributed by atoms with Crippen molar-refractivity contribution in [3.05, 3.63) is 34.1 Å². The van der Waals surface area contributed by atoms with Gasteiger partial charge in [-0.2, -0.15) is 9.36 Å². The van der Waals surface area contributed by atoms with E-state index in [4.69, 9.17) is 4.74 Å². The van der Waals surface area contributed by atoms with Crippen LogP contribution in [0.5, 0.6) is 10.9 Å². The van der Waals surface area contributed by atoms with E-state index < -0.39 is 0 Å². The summed E-state index contributed by atoms with van der Waals surface area (Å²) in [6.45, 7) is 1.80. The third-order valence-electron chi connectivity index (χ3n) is 1.80. The Hall–Kier alpha value is -1.27. The molecule has 0 atom stereocenters. The Bertz CT molecular complexity index is 527. The van der Waals surface area contributed by atoms with Crippen LogP contribution in [0, 0.1) is 6.92 Å². The van der Waals surface area contributed by atoms with Crippen molar-refractivity contribution in [2.75, 3.05) is 0 Å². The molecular formula is C10H7BrN2O2S. The van der Waals surface area contributed by atoms with Gasteiger partial charge in [-0.05, 0) is 41.1 Å². The third-order valence-corrected chi connectivity index (χ3v) is 3.10. The van der Waals surface area contributed by atoms with Gasteiger partial charge < -0.3 is 4.74 Å². The molecule has 6 heteroatoms. The van der Waals surface area contributed by atoms with Gasteiger partial charge in [0.2, 0.25) is 0 Å². The fourth-order valence-corrected chi connectivity index (χ4v) is 2.12. The van der Waals surface area contributed by atoms with Crippen molar-refractivity contribution < 1.29 is 9.53 Å². The molecule has 0 aliphatic rings. The number of halogens is 1. The van der Waals surface area contributed by atoms with Crippen LogP contribution in [0.25, 0.3) is 0 Å². The monoisotopic (exact) mass is 298 g/mol. The van der Waals surface area contributed by atoms with Crippen LogP contribution in [0.3, 0.4) is 0 Å². The molecule has 2 rings (SSSR count). The number of aldehydes is 1. The first-order chi connectivity index (χ1) is 7.69. The summed E-state index contributed by atoms with van der Waals surface area (Å²) in [6.07, 6.45) is 0.781. The smallest absolute Gasteiger partial charge is 0.298 e. The third kappa shape index (κ3) is 2.45. The number of nitrogens with zero attached hydrogens (tertiary/aromatic N) is 2. The first kappa shape index (κ1) is 11.2. The summed E-state index contributed by atoms with van der Waals surface area (Å²) in [6, 6.07) is 5.09. The van der Waals surface area contributed by atoms with Crippen LogP contribution in [0.4, 0.5) is 0 Å². The van der Waals surface area contributed by atoms with Gasteiger partial charge in [-0.3, -0.25) is 4.79 Å². The fraction of sp³-hybridized carbons (Fsp3) is 0.100. The highest BCUT2D eigenvalue weighted by Gasteiger charge is 2.07. The Kier molecular flexibility index (Phi) is 3.31. The van der Waals surface area contributed by atoms with E-state index in [0.717, 1.165) is 6.29 Å². The Morgan fingerprint density at radius 2 is 2.31 bits per heavy atom. The summed E-state index contributed by atoms with van der Waals surface area (Å²) in [5, 5.41) is 0.483. The highest BCUT2D eigenvalue weighted by Crippen LogP contribution is 2.30. The van der Waals surface area contributed by atoms with Crippen LogP contribution in [-0.2, 0) is 0 Å². The lowest BCUT2D eigenvalue weighted by Crippen LogP contribution is -1.87. The number of hydrogen-bond donors (Lipinski definition) is 0. The summed E-state index contributed by atoms with van der Waals surface area (Å²) in [4.78, 5) is 14.6. The lowest BCUT2D eigenvalue weighted by atomic mass is 10.2. The van der Waals surface area contributed by atoms with Crippen LogP contribution < -0.4 is 4.74 Å². The van der Waals surface area contributed by atoms with E-state index in [-0.39, 0.29) is 0 Å². The van der Waals surface area contributed by atoms with Crippen molar-refractivity contribution >= 4 is 33.7 Å². The minimum Gasteiger partial charge on any atom is -0.429 e. The molecule has 1 aromatic carbocycles. The Morgan fingerprint density at radius 3 is 2.88 bits per heavy atom. The number of aryl methyl sites for hydroxylation is 1. The van der Waals surface area contributed by atoms with Gasteiger partial charge in [-0.25, -0.2) is 0 Å². The Balaban J connectivity index is 2.25. The van der Waals surface area contributed by atoms with Gasteiger partial charge in [0.1, 0.15) is 17.9 Å². The molecule has 0 unspecified atom stereocenters. The number of aromatic nitrogens is 2. The average molecular weight is 299 g/mol. The zero-order valence-electron chi connectivity index (χ0n) is 8.31. The van der Waals surface area contributed by atoms with Crippen molar-refractivity contribution in [3.63, 3.8) is 0 Å². The average Bonchev–Trinajstić information content (AvgIpc) is 2.67. The maximum atomic E-state index is 10.5. The van der Waals surface area contributed by atoms with Gasteiger partial charge >= 0.3 is 0 Å². The zero-order valence-corrected chi connectivity index (χ0v) is 10.7. The van der Waals surface area contributed by atoms with Gasteiger partial charge in [0.25, 0.3) is 5.19 Å². The largest absolute Gasteiger partial charge is 0.429 e. The number of benzene rings is 1. The van der Waals surface area contributed by atoms with Crippen LogP contribution in [-0.4, -0.2) is 15.6 Å². The second-order valence-corrected chi connectivity index (χ2v) is 4.59. The van der Waals surface area contributed by atoms with Gasteiger partial charge in [-0.15, -0.1) is 0 Å². The molecule has 0 saturated heterocycles. The molecule has 0 radical (unpaired) electrons. The number of ether oxygens (including phenoxy) is 1. The molecule has 0 aliphatic carbocycles. The van der Waals surface area contributed by atoms with Crippen molar-refractivity contribution in [3.8, 4) is 10.9 Å². The van der Waals surface area contributed by atoms with E-state index in [1.165, 1.54) is 11.5 Å². The fourth-order valence-electron chi connectivity index (χ4n) is 1.09. The number of carbonyl (C=O) groups excluding carboxylic acids is 1. The molecule has 0 amide bonds. The van der Waals surface area contributed by atoms with Crippen molar-refractivity contribution in [2.45, 2.75) is 6.92 Å². The topological polar surface area (TPSA) is 52.1 Å². The molecule has 1 aromatic heterocycles. The van der Waals surface area contributed by atoms with Gasteiger partial charge in [-0.1, -0.05) is 0 Å². The summed E-state index contributed by atoms with van der Waals surface area (Å²) < 4.78 is 10.2. The lowest BCUT2D eigenvalue weighted by molar-refractivity contribution is 0.112. The molecule has 1 heterocycles. The second kappa shape index (κ2) is 4.71. The second-order valence-electron chi connectivity index (χ2n) is 3.02. The summed E-state index contributed by atoms with van der Waals surface area (Å²) in [5.41, 5.74) is 0.590. The normalized spacial score (nSPS) is 10.1. The van der Waals surface area contributed by atoms with E-state index in [1.54, 1.807) is 25.1 Å². The molecule has 0 spiro atoms. The lowest BCUT2D eigenvalue weighted by Gasteiger charge is -2.03. The maximum absolute atomic E-state index is 10.5. The SMILES string of the molecule is Cc1nsc(Oc2ccc(C=O)cc2Br)n1. The van der Waals surface area contributed by atoms with Crippen molar-refractivity contribution in [2.24, 2.45) is 0 Å². The first-order valence-electron chi connectivity index (χ1n) is 4.42. The van der Waals surface area contributed by atoms with Crippen LogP contribution in [0.1, 0.15) is 16.2 Å². The molecule has 0 saturated carbocycles. The number of hydrogen-bond acceptors (Lipinski definition) is 5. The molecule has 0 N–H and O–H groups in total. The molecule has 16 heavy (non-hydrogen) atoms. The molecule has 4 nitrogen and oxygen atoms in total.